The Hall–Kier alpha value is -1.42. The molecule has 2 N–H and O–H groups in total. The van der Waals surface area contributed by atoms with Crippen LogP contribution in [0, 0.1) is 0 Å². The van der Waals surface area contributed by atoms with Crippen LogP contribution in [0.5, 0.6) is 11.5 Å². The van der Waals surface area contributed by atoms with Crippen molar-refractivity contribution in [2.75, 3.05) is 14.2 Å². The average molecular weight is 326 g/mol. The van der Waals surface area contributed by atoms with E-state index in [1.165, 1.54) is 0 Å². The van der Waals surface area contributed by atoms with Gasteiger partial charge in [-0.1, -0.05) is 35.3 Å². The normalized spacial score (nSPS) is 12.0. The summed E-state index contributed by atoms with van der Waals surface area (Å²) in [5, 5.41) is 1.07. The first kappa shape index (κ1) is 16.0. The largest absolute Gasteiger partial charge is 0.497 e. The number of hydrogen-bond acceptors (Lipinski definition) is 3. The molecule has 1 unspecified atom stereocenters. The molecule has 2 aromatic rings. The molecule has 2 aromatic carbocycles. The van der Waals surface area contributed by atoms with Crippen LogP contribution >= 0.6 is 23.2 Å². The van der Waals surface area contributed by atoms with Gasteiger partial charge in [0.2, 0.25) is 0 Å². The first-order valence-electron chi connectivity index (χ1n) is 6.46. The van der Waals surface area contributed by atoms with Gasteiger partial charge in [-0.15, -0.1) is 0 Å². The van der Waals surface area contributed by atoms with E-state index in [9.17, 15) is 0 Å². The Kier molecular flexibility index (Phi) is 5.34. The van der Waals surface area contributed by atoms with E-state index in [1.54, 1.807) is 20.3 Å². The molecule has 112 valence electrons. The second kappa shape index (κ2) is 7.03. The van der Waals surface area contributed by atoms with Gasteiger partial charge in [0.15, 0.2) is 0 Å². The van der Waals surface area contributed by atoms with Gasteiger partial charge in [-0.3, -0.25) is 0 Å². The van der Waals surface area contributed by atoms with Gasteiger partial charge < -0.3 is 15.2 Å². The van der Waals surface area contributed by atoms with Crippen molar-refractivity contribution in [2.45, 2.75) is 12.5 Å². The smallest absolute Gasteiger partial charge is 0.127 e. The molecular weight excluding hydrogens is 309 g/mol. The van der Waals surface area contributed by atoms with Gasteiger partial charge in [-0.05, 0) is 30.2 Å². The molecule has 5 heteroatoms. The summed E-state index contributed by atoms with van der Waals surface area (Å²) in [5.41, 5.74) is 8.23. The quantitative estimate of drug-likeness (QED) is 0.893. The molecule has 0 aliphatic rings. The van der Waals surface area contributed by atoms with E-state index in [0.29, 0.717) is 22.2 Å². The zero-order valence-corrected chi connectivity index (χ0v) is 13.4. The first-order valence-corrected chi connectivity index (χ1v) is 7.22. The maximum atomic E-state index is 6.29. The SMILES string of the molecule is COc1ccc(C(N)Cc2ccc(Cl)c(Cl)c2)c(OC)c1. The lowest BCUT2D eigenvalue weighted by molar-refractivity contribution is 0.388. The Balaban J connectivity index is 2.23. The summed E-state index contributed by atoms with van der Waals surface area (Å²) < 4.78 is 10.6. The van der Waals surface area contributed by atoms with Crippen LogP contribution in [0.1, 0.15) is 17.2 Å². The van der Waals surface area contributed by atoms with Gasteiger partial charge in [0.1, 0.15) is 11.5 Å². The summed E-state index contributed by atoms with van der Waals surface area (Å²) in [7, 11) is 3.23. The van der Waals surface area contributed by atoms with Crippen LogP contribution in [-0.2, 0) is 6.42 Å². The molecule has 0 spiro atoms. The van der Waals surface area contributed by atoms with Gasteiger partial charge in [-0.25, -0.2) is 0 Å². The number of benzene rings is 2. The highest BCUT2D eigenvalue weighted by molar-refractivity contribution is 6.42. The minimum absolute atomic E-state index is 0.205. The first-order chi connectivity index (χ1) is 10.0. The van der Waals surface area contributed by atoms with Gasteiger partial charge >= 0.3 is 0 Å². The average Bonchev–Trinajstić information content (AvgIpc) is 2.50. The van der Waals surface area contributed by atoms with Crippen molar-refractivity contribution in [3.05, 3.63) is 57.6 Å². The third kappa shape index (κ3) is 3.82. The molecule has 0 aromatic heterocycles. The fourth-order valence-corrected chi connectivity index (χ4v) is 2.48. The molecule has 0 saturated heterocycles. The van der Waals surface area contributed by atoms with Crippen molar-refractivity contribution in [1.82, 2.24) is 0 Å². The number of ether oxygens (including phenoxy) is 2. The summed E-state index contributed by atoms with van der Waals surface area (Å²) >= 11 is 11.9. The maximum Gasteiger partial charge on any atom is 0.127 e. The summed E-state index contributed by atoms with van der Waals surface area (Å²) in [4.78, 5) is 0. The molecule has 1 atom stereocenters. The van der Waals surface area contributed by atoms with Crippen LogP contribution < -0.4 is 15.2 Å². The Morgan fingerprint density at radius 1 is 1.00 bits per heavy atom. The highest BCUT2D eigenvalue weighted by Crippen LogP contribution is 2.31. The molecule has 3 nitrogen and oxygen atoms in total. The van der Waals surface area contributed by atoms with Gasteiger partial charge in [0.05, 0.1) is 24.3 Å². The topological polar surface area (TPSA) is 44.5 Å². The second-order valence-electron chi connectivity index (χ2n) is 4.67. The van der Waals surface area contributed by atoms with Crippen molar-refractivity contribution < 1.29 is 9.47 Å². The molecule has 0 radical (unpaired) electrons. The molecule has 0 heterocycles. The molecule has 0 aliphatic carbocycles. The van der Waals surface area contributed by atoms with Crippen LogP contribution in [0.25, 0.3) is 0 Å². The molecule has 0 fully saturated rings. The number of nitrogens with two attached hydrogens (primary N) is 1. The Bertz CT molecular complexity index is 632. The number of rotatable bonds is 5. The number of hydrogen-bond donors (Lipinski definition) is 1. The lowest BCUT2D eigenvalue weighted by Gasteiger charge is -2.17. The zero-order valence-electron chi connectivity index (χ0n) is 11.9. The minimum atomic E-state index is -0.205. The lowest BCUT2D eigenvalue weighted by Crippen LogP contribution is -2.14. The van der Waals surface area contributed by atoms with Crippen LogP contribution in [0.3, 0.4) is 0 Å². The van der Waals surface area contributed by atoms with Crippen molar-refractivity contribution in [1.29, 1.82) is 0 Å². The summed E-state index contributed by atoms with van der Waals surface area (Å²) in [6.07, 6.45) is 0.638. The molecule has 0 saturated carbocycles. The van der Waals surface area contributed by atoms with Gasteiger partial charge in [0, 0.05) is 17.7 Å². The lowest BCUT2D eigenvalue weighted by atomic mass is 9.98. The highest BCUT2D eigenvalue weighted by atomic mass is 35.5. The van der Waals surface area contributed by atoms with E-state index in [2.05, 4.69) is 0 Å². The fourth-order valence-electron chi connectivity index (χ4n) is 2.16. The third-order valence-electron chi connectivity index (χ3n) is 3.28. The predicted octanol–water partition coefficient (Wildman–Crippen LogP) is 4.25. The van der Waals surface area contributed by atoms with E-state index in [4.69, 9.17) is 38.4 Å². The number of methoxy groups -OCH3 is 2. The zero-order chi connectivity index (χ0) is 15.4. The van der Waals surface area contributed by atoms with Crippen LogP contribution in [0.4, 0.5) is 0 Å². The fraction of sp³-hybridized carbons (Fsp3) is 0.250. The second-order valence-corrected chi connectivity index (χ2v) is 5.48. The van der Waals surface area contributed by atoms with E-state index >= 15 is 0 Å². The van der Waals surface area contributed by atoms with Crippen LogP contribution in [-0.4, -0.2) is 14.2 Å². The number of halogens is 2. The molecule has 2 rings (SSSR count). The Morgan fingerprint density at radius 2 is 1.76 bits per heavy atom. The van der Waals surface area contributed by atoms with Crippen LogP contribution in [0.2, 0.25) is 10.0 Å². The molecule has 21 heavy (non-hydrogen) atoms. The van der Waals surface area contributed by atoms with Gasteiger partial charge in [-0.2, -0.15) is 0 Å². The van der Waals surface area contributed by atoms with E-state index in [0.717, 1.165) is 16.9 Å². The van der Waals surface area contributed by atoms with Gasteiger partial charge in [0.25, 0.3) is 0 Å². The van der Waals surface area contributed by atoms with Crippen molar-refractivity contribution >= 4 is 23.2 Å². The molecule has 0 amide bonds. The van der Waals surface area contributed by atoms with E-state index in [1.807, 2.05) is 30.3 Å². The molecule has 0 bridgehead atoms. The maximum absolute atomic E-state index is 6.29. The molecule has 0 aliphatic heterocycles. The van der Waals surface area contributed by atoms with E-state index < -0.39 is 0 Å². The molecular formula is C16H17Cl2NO2. The summed E-state index contributed by atoms with van der Waals surface area (Å²) in [6, 6.07) is 10.9. The highest BCUT2D eigenvalue weighted by Gasteiger charge is 2.14. The third-order valence-corrected chi connectivity index (χ3v) is 4.02. The summed E-state index contributed by atoms with van der Waals surface area (Å²) in [5.74, 6) is 1.44. The van der Waals surface area contributed by atoms with Crippen molar-refractivity contribution in [2.24, 2.45) is 5.73 Å². The summed E-state index contributed by atoms with van der Waals surface area (Å²) in [6.45, 7) is 0. The van der Waals surface area contributed by atoms with E-state index in [-0.39, 0.29) is 6.04 Å². The monoisotopic (exact) mass is 325 g/mol. The standard InChI is InChI=1S/C16H17Cl2NO2/c1-20-11-4-5-12(16(9-11)21-2)15(19)8-10-3-6-13(17)14(18)7-10/h3-7,9,15H,8,19H2,1-2H3. The van der Waals surface area contributed by atoms with Crippen molar-refractivity contribution in [3.8, 4) is 11.5 Å². The van der Waals surface area contributed by atoms with Crippen LogP contribution in [0.15, 0.2) is 36.4 Å². The van der Waals surface area contributed by atoms with Crippen molar-refractivity contribution in [3.63, 3.8) is 0 Å². The Labute approximate surface area is 134 Å². The predicted molar refractivity (Wildman–Crippen MR) is 86.6 cm³/mol. The minimum Gasteiger partial charge on any atom is -0.497 e. The Morgan fingerprint density at radius 3 is 2.38 bits per heavy atom.